The van der Waals surface area contributed by atoms with Crippen LogP contribution in [0.1, 0.15) is 41.5 Å². The largest absolute Gasteiger partial charge is 0.505 e. The van der Waals surface area contributed by atoms with E-state index in [1.807, 2.05) is 0 Å². The minimum atomic E-state index is -0.393. The van der Waals surface area contributed by atoms with Gasteiger partial charge in [-0.05, 0) is 26.0 Å². The molecule has 90 valence electrons. The third kappa shape index (κ3) is 2.90. The van der Waals surface area contributed by atoms with Crippen molar-refractivity contribution in [2.45, 2.75) is 20.8 Å². The van der Waals surface area contributed by atoms with Gasteiger partial charge in [0.2, 0.25) is 5.91 Å². The number of phenols is 1. The van der Waals surface area contributed by atoms with E-state index in [2.05, 4.69) is 5.32 Å². The highest BCUT2D eigenvalue weighted by Gasteiger charge is 2.15. The number of anilines is 1. The molecule has 5 heteroatoms. The van der Waals surface area contributed by atoms with E-state index in [-0.39, 0.29) is 34.1 Å². The Balaban J connectivity index is 3.42. The zero-order valence-corrected chi connectivity index (χ0v) is 9.83. The summed E-state index contributed by atoms with van der Waals surface area (Å²) < 4.78 is 0. The van der Waals surface area contributed by atoms with Crippen LogP contribution in [0, 0.1) is 0 Å². The molecule has 0 radical (unpaired) electrons. The quantitative estimate of drug-likeness (QED) is 0.617. The number of amides is 1. The fraction of sp³-hybridized carbons (Fsp3) is 0.250. The van der Waals surface area contributed by atoms with Crippen LogP contribution in [0.2, 0.25) is 0 Å². The van der Waals surface area contributed by atoms with Crippen LogP contribution in [0.25, 0.3) is 0 Å². The monoisotopic (exact) mass is 235 g/mol. The highest BCUT2D eigenvalue weighted by atomic mass is 16.3. The zero-order valence-electron chi connectivity index (χ0n) is 9.83. The molecule has 0 aliphatic heterocycles. The first-order chi connectivity index (χ1) is 7.82. The van der Waals surface area contributed by atoms with Gasteiger partial charge in [-0.25, -0.2) is 0 Å². The molecule has 0 saturated carbocycles. The van der Waals surface area contributed by atoms with Crippen molar-refractivity contribution in [1.82, 2.24) is 0 Å². The van der Waals surface area contributed by atoms with Gasteiger partial charge in [0.15, 0.2) is 11.6 Å². The molecule has 0 heterocycles. The number of carbonyl (C=O) groups excluding carboxylic acids is 3. The number of ketones is 2. The molecule has 0 spiro atoms. The Morgan fingerprint density at radius 1 is 1.06 bits per heavy atom. The van der Waals surface area contributed by atoms with Crippen LogP contribution >= 0.6 is 0 Å². The van der Waals surface area contributed by atoms with E-state index in [4.69, 9.17) is 0 Å². The molecule has 0 bridgehead atoms. The SMILES string of the molecule is CC(=O)Nc1cc(C(C)=O)cc(C(C)=O)c1O. The van der Waals surface area contributed by atoms with Gasteiger partial charge in [-0.1, -0.05) is 0 Å². The van der Waals surface area contributed by atoms with Crippen LogP contribution in [0.15, 0.2) is 12.1 Å². The summed E-state index contributed by atoms with van der Waals surface area (Å²) in [4.78, 5) is 33.5. The van der Waals surface area contributed by atoms with Gasteiger partial charge in [-0.3, -0.25) is 14.4 Å². The van der Waals surface area contributed by atoms with Crippen molar-refractivity contribution in [1.29, 1.82) is 0 Å². The lowest BCUT2D eigenvalue weighted by atomic mass is 10.0. The van der Waals surface area contributed by atoms with Crippen molar-refractivity contribution in [3.05, 3.63) is 23.3 Å². The summed E-state index contributed by atoms with van der Waals surface area (Å²) in [6.45, 7) is 3.89. The number of rotatable bonds is 3. The minimum absolute atomic E-state index is 0.0152. The topological polar surface area (TPSA) is 83.5 Å². The lowest BCUT2D eigenvalue weighted by Gasteiger charge is -2.10. The van der Waals surface area contributed by atoms with E-state index in [1.165, 1.54) is 32.9 Å². The van der Waals surface area contributed by atoms with Gasteiger partial charge in [0, 0.05) is 12.5 Å². The lowest BCUT2D eigenvalue weighted by molar-refractivity contribution is -0.114. The number of nitrogens with one attached hydrogen (secondary N) is 1. The maximum Gasteiger partial charge on any atom is 0.221 e. The van der Waals surface area contributed by atoms with Crippen molar-refractivity contribution >= 4 is 23.2 Å². The summed E-state index contributed by atoms with van der Waals surface area (Å²) in [5.41, 5.74) is 0.341. The first kappa shape index (κ1) is 12.9. The van der Waals surface area contributed by atoms with Gasteiger partial charge >= 0.3 is 0 Å². The maximum atomic E-state index is 11.3. The second-order valence-corrected chi connectivity index (χ2v) is 3.71. The molecule has 17 heavy (non-hydrogen) atoms. The smallest absolute Gasteiger partial charge is 0.221 e. The molecule has 2 N–H and O–H groups in total. The number of benzene rings is 1. The van der Waals surface area contributed by atoms with E-state index < -0.39 is 5.91 Å². The number of aromatic hydroxyl groups is 1. The van der Waals surface area contributed by atoms with Gasteiger partial charge in [-0.15, -0.1) is 0 Å². The van der Waals surface area contributed by atoms with E-state index in [0.717, 1.165) is 0 Å². The van der Waals surface area contributed by atoms with Crippen molar-refractivity contribution in [3.8, 4) is 5.75 Å². The van der Waals surface area contributed by atoms with Gasteiger partial charge in [0.05, 0.1) is 11.3 Å². The molecule has 0 aliphatic carbocycles. The predicted molar refractivity (Wildman–Crippen MR) is 62.4 cm³/mol. The van der Waals surface area contributed by atoms with Crippen molar-refractivity contribution in [2.75, 3.05) is 5.32 Å². The van der Waals surface area contributed by atoms with Crippen LogP contribution in [-0.2, 0) is 4.79 Å². The average molecular weight is 235 g/mol. The third-order valence-electron chi connectivity index (χ3n) is 2.21. The van der Waals surface area contributed by atoms with Gasteiger partial charge < -0.3 is 10.4 Å². The lowest BCUT2D eigenvalue weighted by Crippen LogP contribution is -2.09. The summed E-state index contributed by atoms with van der Waals surface area (Å²) in [7, 11) is 0. The molecule has 0 aliphatic rings. The molecule has 5 nitrogen and oxygen atoms in total. The average Bonchev–Trinajstić information content (AvgIpc) is 2.19. The van der Waals surface area contributed by atoms with Crippen LogP contribution in [-0.4, -0.2) is 22.6 Å². The molecule has 1 rings (SSSR count). The first-order valence-electron chi connectivity index (χ1n) is 4.99. The maximum absolute atomic E-state index is 11.3. The Bertz CT molecular complexity index is 505. The molecule has 0 atom stereocenters. The van der Waals surface area contributed by atoms with Gasteiger partial charge in [-0.2, -0.15) is 0 Å². The van der Waals surface area contributed by atoms with Crippen LogP contribution in [0.5, 0.6) is 5.75 Å². The van der Waals surface area contributed by atoms with Crippen LogP contribution < -0.4 is 5.32 Å². The van der Waals surface area contributed by atoms with Crippen molar-refractivity contribution in [3.63, 3.8) is 0 Å². The van der Waals surface area contributed by atoms with E-state index >= 15 is 0 Å². The Labute approximate surface area is 98.4 Å². The standard InChI is InChI=1S/C12H13NO4/c1-6(14)9-4-10(7(2)15)12(17)11(5-9)13-8(3)16/h4-5,17H,1-3H3,(H,13,16). The fourth-order valence-electron chi connectivity index (χ4n) is 1.39. The number of hydrogen-bond donors (Lipinski definition) is 2. The number of phenolic OH excluding ortho intramolecular Hbond substituents is 1. The normalized spacial score (nSPS) is 9.82. The molecule has 1 amide bonds. The molecule has 0 aromatic heterocycles. The Morgan fingerprint density at radius 3 is 2.06 bits per heavy atom. The Kier molecular flexibility index (Phi) is 3.62. The molecule has 1 aromatic rings. The summed E-state index contributed by atoms with van der Waals surface area (Å²) in [5.74, 6) is -1.34. The number of hydrogen-bond acceptors (Lipinski definition) is 4. The van der Waals surface area contributed by atoms with E-state index in [1.54, 1.807) is 0 Å². The number of carbonyl (C=O) groups is 3. The highest BCUT2D eigenvalue weighted by molar-refractivity contribution is 6.05. The number of Topliss-reactive ketones (excluding diaryl/α,β-unsaturated/α-hetero) is 2. The molecular weight excluding hydrogens is 222 g/mol. The molecule has 0 unspecified atom stereocenters. The Morgan fingerprint density at radius 2 is 1.65 bits per heavy atom. The van der Waals surface area contributed by atoms with Gasteiger partial charge in [0.25, 0.3) is 0 Å². The second-order valence-electron chi connectivity index (χ2n) is 3.71. The Hall–Kier alpha value is -2.17. The molecular formula is C12H13NO4. The van der Waals surface area contributed by atoms with E-state index in [9.17, 15) is 19.5 Å². The molecule has 0 fully saturated rings. The van der Waals surface area contributed by atoms with Crippen molar-refractivity contribution in [2.24, 2.45) is 0 Å². The summed E-state index contributed by atoms with van der Waals surface area (Å²) in [5, 5.41) is 12.1. The summed E-state index contributed by atoms with van der Waals surface area (Å²) >= 11 is 0. The predicted octanol–water partition coefficient (Wildman–Crippen LogP) is 1.76. The minimum Gasteiger partial charge on any atom is -0.505 e. The summed E-state index contributed by atoms with van der Waals surface area (Å²) in [6.07, 6.45) is 0. The van der Waals surface area contributed by atoms with Crippen LogP contribution in [0.3, 0.4) is 0 Å². The fourth-order valence-corrected chi connectivity index (χ4v) is 1.39. The van der Waals surface area contributed by atoms with Crippen molar-refractivity contribution < 1.29 is 19.5 Å². The highest BCUT2D eigenvalue weighted by Crippen LogP contribution is 2.30. The zero-order chi connectivity index (χ0) is 13.2. The molecule has 0 saturated heterocycles. The summed E-state index contributed by atoms with van der Waals surface area (Å²) in [6, 6.07) is 2.65. The van der Waals surface area contributed by atoms with Gasteiger partial charge in [0.1, 0.15) is 5.75 Å². The molecule has 1 aromatic carbocycles. The third-order valence-corrected chi connectivity index (χ3v) is 2.21. The van der Waals surface area contributed by atoms with E-state index in [0.29, 0.717) is 0 Å². The van der Waals surface area contributed by atoms with Crippen LogP contribution in [0.4, 0.5) is 5.69 Å². The first-order valence-corrected chi connectivity index (χ1v) is 4.99. The second kappa shape index (κ2) is 4.78.